The van der Waals surface area contributed by atoms with Crippen molar-refractivity contribution < 1.29 is 14.3 Å². The van der Waals surface area contributed by atoms with E-state index < -0.39 is 0 Å². The number of benzene rings is 1. The zero-order valence-electron chi connectivity index (χ0n) is 18.6. The number of likely N-dealkylation sites (tertiary alicyclic amines) is 1. The Labute approximate surface area is 201 Å². The van der Waals surface area contributed by atoms with E-state index in [4.69, 9.17) is 15.2 Å². The van der Waals surface area contributed by atoms with Crippen LogP contribution in [-0.4, -0.2) is 62.7 Å². The van der Waals surface area contributed by atoms with Crippen molar-refractivity contribution >= 4 is 46.7 Å². The van der Waals surface area contributed by atoms with Crippen LogP contribution in [-0.2, 0) is 11.2 Å². The van der Waals surface area contributed by atoms with Crippen LogP contribution in [0.4, 0.5) is 0 Å². The molecule has 0 bridgehead atoms. The lowest BCUT2D eigenvalue weighted by Gasteiger charge is -2.34. The molecule has 4 N–H and O–H groups in total. The number of amides is 1. The summed E-state index contributed by atoms with van der Waals surface area (Å²) in [6, 6.07) is 6.03. The van der Waals surface area contributed by atoms with Crippen LogP contribution in [0.5, 0.6) is 11.5 Å². The van der Waals surface area contributed by atoms with E-state index in [2.05, 4.69) is 26.3 Å². The van der Waals surface area contributed by atoms with Crippen LogP contribution in [0.25, 0.3) is 10.9 Å². The van der Waals surface area contributed by atoms with Gasteiger partial charge in [-0.2, -0.15) is 0 Å². The monoisotopic (exact) mass is 543 g/mol. The number of nitrogens with two attached hydrogens (primary N) is 1. The van der Waals surface area contributed by atoms with Crippen molar-refractivity contribution in [1.29, 1.82) is 0 Å². The van der Waals surface area contributed by atoms with Crippen LogP contribution in [0.1, 0.15) is 31.4 Å². The highest BCUT2D eigenvalue weighted by Crippen LogP contribution is 2.31. The van der Waals surface area contributed by atoms with E-state index in [1.165, 1.54) is 0 Å². The summed E-state index contributed by atoms with van der Waals surface area (Å²) in [6.45, 7) is 2.60. The second kappa shape index (κ2) is 12.0. The number of fused-ring (bicyclic) bond motifs is 1. The largest absolute Gasteiger partial charge is 0.497 e. The molecule has 1 aliphatic rings. The lowest BCUT2D eigenvalue weighted by atomic mass is 9.95. The molecular weight excluding hydrogens is 509 g/mol. The number of guanidine groups is 1. The predicted octanol–water partition coefficient (Wildman–Crippen LogP) is 2.90. The number of ether oxygens (including phenoxy) is 2. The molecule has 1 atom stereocenters. The molecule has 1 aliphatic heterocycles. The number of aliphatic imine (C=N–C) groups is 1. The highest BCUT2D eigenvalue weighted by molar-refractivity contribution is 14.0. The van der Waals surface area contributed by atoms with Gasteiger partial charge >= 0.3 is 0 Å². The number of nitrogens with zero attached hydrogens (tertiary/aromatic N) is 2. The number of hydrogen-bond acceptors (Lipinski definition) is 4. The van der Waals surface area contributed by atoms with Crippen molar-refractivity contribution in [1.82, 2.24) is 15.2 Å². The highest BCUT2D eigenvalue weighted by atomic mass is 127. The maximum atomic E-state index is 11.2. The number of hydrogen-bond donors (Lipinski definition) is 3. The first-order chi connectivity index (χ1) is 14.5. The Balaban J connectivity index is 0.00000341. The fourth-order valence-electron chi connectivity index (χ4n) is 4.18. The number of rotatable bonds is 8. The van der Waals surface area contributed by atoms with E-state index in [0.29, 0.717) is 12.3 Å². The lowest BCUT2D eigenvalue weighted by molar-refractivity contribution is -0.119. The van der Waals surface area contributed by atoms with E-state index in [1.54, 1.807) is 21.3 Å². The van der Waals surface area contributed by atoms with Crippen molar-refractivity contribution in [3.8, 4) is 11.5 Å². The van der Waals surface area contributed by atoms with Gasteiger partial charge in [-0.25, -0.2) is 0 Å². The summed E-state index contributed by atoms with van der Waals surface area (Å²) in [4.78, 5) is 21.4. The van der Waals surface area contributed by atoms with E-state index in [-0.39, 0.29) is 29.9 Å². The molecule has 1 saturated heterocycles. The molecular formula is C22H34IN5O3. The Hall–Kier alpha value is -2.17. The van der Waals surface area contributed by atoms with E-state index in [1.807, 2.05) is 12.1 Å². The normalized spacial score (nSPS) is 16.7. The highest BCUT2D eigenvalue weighted by Gasteiger charge is 2.23. The summed E-state index contributed by atoms with van der Waals surface area (Å²) < 4.78 is 10.8. The number of halogens is 1. The van der Waals surface area contributed by atoms with Gasteiger partial charge in [0.25, 0.3) is 0 Å². The molecule has 0 spiro atoms. The van der Waals surface area contributed by atoms with Crippen LogP contribution in [0, 0.1) is 5.92 Å². The van der Waals surface area contributed by atoms with Crippen molar-refractivity contribution in [2.45, 2.75) is 32.1 Å². The van der Waals surface area contributed by atoms with E-state index in [0.717, 1.165) is 79.4 Å². The lowest BCUT2D eigenvalue weighted by Crippen LogP contribution is -2.47. The van der Waals surface area contributed by atoms with Gasteiger partial charge in [-0.3, -0.25) is 9.79 Å². The molecule has 1 aromatic heterocycles. The van der Waals surface area contributed by atoms with Gasteiger partial charge in [-0.15, -0.1) is 24.0 Å². The first kappa shape index (κ1) is 25.1. The number of piperidine rings is 1. The van der Waals surface area contributed by atoms with Crippen molar-refractivity contribution in [2.24, 2.45) is 16.6 Å². The van der Waals surface area contributed by atoms with Gasteiger partial charge < -0.3 is 30.4 Å². The molecule has 2 heterocycles. The SMILES string of the molecule is CN=C(NCCCc1cc2c(OC)cc(OC)cc2[nH]1)N1CCCC(CC(N)=O)C1.I. The van der Waals surface area contributed by atoms with Gasteiger partial charge in [-0.1, -0.05) is 0 Å². The molecule has 1 unspecified atom stereocenters. The average molecular weight is 543 g/mol. The molecule has 9 heteroatoms. The van der Waals surface area contributed by atoms with Gasteiger partial charge in [0.15, 0.2) is 5.96 Å². The van der Waals surface area contributed by atoms with Crippen LogP contribution in [0.3, 0.4) is 0 Å². The second-order valence-electron chi connectivity index (χ2n) is 7.79. The second-order valence-corrected chi connectivity index (χ2v) is 7.79. The third-order valence-corrected chi connectivity index (χ3v) is 5.61. The number of methoxy groups -OCH3 is 2. The Morgan fingerprint density at radius 1 is 1.32 bits per heavy atom. The van der Waals surface area contributed by atoms with Crippen LogP contribution in [0.15, 0.2) is 23.2 Å². The van der Waals surface area contributed by atoms with Gasteiger partial charge in [-0.05, 0) is 37.7 Å². The number of nitrogens with one attached hydrogen (secondary N) is 2. The van der Waals surface area contributed by atoms with E-state index >= 15 is 0 Å². The number of primary amides is 1. The molecule has 2 aromatic rings. The Morgan fingerprint density at radius 3 is 2.81 bits per heavy atom. The summed E-state index contributed by atoms with van der Waals surface area (Å²) in [6.07, 6.45) is 4.42. The summed E-state index contributed by atoms with van der Waals surface area (Å²) in [7, 11) is 5.13. The minimum atomic E-state index is -0.225. The quantitative estimate of drug-likeness (QED) is 0.206. The first-order valence-corrected chi connectivity index (χ1v) is 10.5. The maximum absolute atomic E-state index is 11.2. The minimum Gasteiger partial charge on any atom is -0.497 e. The molecule has 0 radical (unpaired) electrons. The fraction of sp³-hybridized carbons (Fsp3) is 0.545. The molecule has 172 valence electrons. The minimum absolute atomic E-state index is 0. The van der Waals surface area contributed by atoms with Gasteiger partial charge in [0.2, 0.25) is 5.91 Å². The molecule has 3 rings (SSSR count). The van der Waals surface area contributed by atoms with Crippen LogP contribution < -0.4 is 20.5 Å². The molecule has 0 aliphatic carbocycles. The zero-order chi connectivity index (χ0) is 21.5. The standard InChI is InChI=1S/C22H33N5O3.HI/c1-24-22(27-9-5-6-15(14-27)10-21(23)28)25-8-4-7-16-11-18-19(26-16)12-17(29-2)13-20(18)30-3;/h11-13,15,26H,4-10,14H2,1-3H3,(H2,23,28)(H,24,25);1H. The number of aryl methyl sites for hydroxylation is 1. The van der Waals surface area contributed by atoms with Crippen molar-refractivity contribution in [2.75, 3.05) is 40.9 Å². The molecule has 31 heavy (non-hydrogen) atoms. The third kappa shape index (κ3) is 6.65. The van der Waals surface area contributed by atoms with Crippen molar-refractivity contribution in [3.63, 3.8) is 0 Å². The number of carbonyl (C=O) groups is 1. The summed E-state index contributed by atoms with van der Waals surface area (Å²) in [5.41, 5.74) is 7.54. The fourth-order valence-corrected chi connectivity index (χ4v) is 4.18. The molecule has 1 fully saturated rings. The Morgan fingerprint density at radius 2 is 2.13 bits per heavy atom. The van der Waals surface area contributed by atoms with Gasteiger partial charge in [0, 0.05) is 56.3 Å². The van der Waals surface area contributed by atoms with Crippen LogP contribution in [0.2, 0.25) is 0 Å². The Bertz CT molecular complexity index is 899. The summed E-state index contributed by atoms with van der Waals surface area (Å²) in [5, 5.41) is 4.52. The summed E-state index contributed by atoms with van der Waals surface area (Å²) in [5.74, 6) is 2.56. The predicted molar refractivity (Wildman–Crippen MR) is 135 cm³/mol. The van der Waals surface area contributed by atoms with Crippen LogP contribution >= 0.6 is 24.0 Å². The third-order valence-electron chi connectivity index (χ3n) is 5.61. The molecule has 0 saturated carbocycles. The number of aromatic nitrogens is 1. The van der Waals surface area contributed by atoms with Crippen molar-refractivity contribution in [3.05, 3.63) is 23.9 Å². The number of H-pyrrole nitrogens is 1. The van der Waals surface area contributed by atoms with Gasteiger partial charge in [0.1, 0.15) is 11.5 Å². The zero-order valence-corrected chi connectivity index (χ0v) is 20.9. The molecule has 1 aromatic carbocycles. The summed E-state index contributed by atoms with van der Waals surface area (Å²) >= 11 is 0. The number of carbonyl (C=O) groups excluding carboxylic acids is 1. The van der Waals surface area contributed by atoms with Gasteiger partial charge in [0.05, 0.1) is 19.7 Å². The molecule has 8 nitrogen and oxygen atoms in total. The topological polar surface area (TPSA) is 105 Å². The Kier molecular flexibility index (Phi) is 9.73. The number of aromatic amines is 1. The first-order valence-electron chi connectivity index (χ1n) is 10.5. The smallest absolute Gasteiger partial charge is 0.217 e. The molecule has 1 amide bonds. The average Bonchev–Trinajstić information content (AvgIpc) is 3.15. The maximum Gasteiger partial charge on any atom is 0.217 e. The van der Waals surface area contributed by atoms with E-state index in [9.17, 15) is 4.79 Å².